The molecule has 4 heterocycles. The molecule has 0 radical (unpaired) electrons. The molecule has 4 rings (SSSR count). The summed E-state index contributed by atoms with van der Waals surface area (Å²) >= 11 is 0. The third kappa shape index (κ3) is 2.71. The molecule has 0 saturated carbocycles. The number of halogens is 1. The Morgan fingerprint density at radius 3 is 3.12 bits per heavy atom. The first-order valence-electron chi connectivity index (χ1n) is 8.16. The van der Waals surface area contributed by atoms with Crippen LogP contribution in [0.1, 0.15) is 26.5 Å². The third-order valence-corrected chi connectivity index (χ3v) is 5.21. The lowest BCUT2D eigenvalue weighted by Crippen LogP contribution is -2.40. The fraction of sp³-hybridized carbons (Fsp3) is 0.643. The summed E-state index contributed by atoms with van der Waals surface area (Å²) in [4.78, 5) is 12.4. The number of imidazole rings is 1. The molecule has 2 N–H and O–H groups in total. The first kappa shape index (κ1) is 17.5. The fourth-order valence-corrected chi connectivity index (χ4v) is 4.13. The Hall–Kier alpha value is -1.94. The molecule has 140 valence electrons. The van der Waals surface area contributed by atoms with Gasteiger partial charge in [0.25, 0.3) is 0 Å². The van der Waals surface area contributed by atoms with E-state index in [0.717, 1.165) is 0 Å². The van der Waals surface area contributed by atoms with E-state index >= 15 is 4.39 Å². The number of rotatable bonds is 3. The van der Waals surface area contributed by atoms with Gasteiger partial charge in [-0.2, -0.15) is 9.97 Å². The van der Waals surface area contributed by atoms with E-state index in [1.807, 2.05) is 0 Å². The van der Waals surface area contributed by atoms with Crippen molar-refractivity contribution in [1.82, 2.24) is 19.5 Å². The van der Waals surface area contributed by atoms with Gasteiger partial charge in [-0.1, -0.05) is 0 Å². The molecule has 2 fully saturated rings. The van der Waals surface area contributed by atoms with Crippen molar-refractivity contribution in [2.45, 2.75) is 44.4 Å². The van der Waals surface area contributed by atoms with Gasteiger partial charge in [0.05, 0.1) is 19.0 Å². The van der Waals surface area contributed by atoms with Crippen molar-refractivity contribution in [2.24, 2.45) is 0 Å². The van der Waals surface area contributed by atoms with Crippen LogP contribution in [0.2, 0.25) is 0 Å². The summed E-state index contributed by atoms with van der Waals surface area (Å²) in [5, 5.41) is 0. The third-order valence-electron chi connectivity index (χ3n) is 4.42. The molecule has 2 aliphatic rings. The molecule has 2 saturated heterocycles. The average Bonchev–Trinajstić information content (AvgIpc) is 3.01. The summed E-state index contributed by atoms with van der Waals surface area (Å²) in [6.07, 6.45) is -0.991. The molecule has 12 heteroatoms. The maximum atomic E-state index is 15.6. The van der Waals surface area contributed by atoms with E-state index in [-0.39, 0.29) is 24.1 Å². The summed E-state index contributed by atoms with van der Waals surface area (Å²) in [5.74, 6) is 0.192. The second-order valence-electron chi connectivity index (χ2n) is 6.19. The number of ether oxygens (including phenoxy) is 2. The van der Waals surface area contributed by atoms with Gasteiger partial charge >= 0.3 is 8.25 Å². The number of nitrogens with zero attached hydrogens (tertiary/aromatic N) is 4. The minimum absolute atomic E-state index is 0.0248. The predicted molar refractivity (Wildman–Crippen MR) is 87.4 cm³/mol. The highest BCUT2D eigenvalue weighted by Gasteiger charge is 2.61. The van der Waals surface area contributed by atoms with E-state index in [2.05, 4.69) is 15.0 Å². The second-order valence-corrected chi connectivity index (χ2v) is 7.11. The molecule has 2 aromatic heterocycles. The van der Waals surface area contributed by atoms with Gasteiger partial charge < -0.3 is 15.2 Å². The first-order chi connectivity index (χ1) is 12.4. The zero-order chi connectivity index (χ0) is 18.5. The topological polar surface area (TPSA) is 124 Å². The molecule has 5 atom stereocenters. The molecule has 0 bridgehead atoms. The van der Waals surface area contributed by atoms with E-state index < -0.39 is 32.4 Å². The van der Waals surface area contributed by atoms with Crippen LogP contribution in [-0.4, -0.2) is 50.6 Å². The Morgan fingerprint density at radius 1 is 1.54 bits per heavy atom. The van der Waals surface area contributed by atoms with Crippen molar-refractivity contribution in [1.29, 1.82) is 0 Å². The first-order valence-corrected chi connectivity index (χ1v) is 9.25. The molecule has 0 spiro atoms. The van der Waals surface area contributed by atoms with Crippen LogP contribution in [-0.2, 0) is 18.3 Å². The van der Waals surface area contributed by atoms with Gasteiger partial charge in [-0.15, -0.1) is 9.05 Å². The van der Waals surface area contributed by atoms with E-state index in [1.165, 1.54) is 17.8 Å². The van der Waals surface area contributed by atoms with Crippen LogP contribution in [0.5, 0.6) is 5.88 Å². The molecule has 26 heavy (non-hydrogen) atoms. The van der Waals surface area contributed by atoms with Crippen LogP contribution in [0, 0.1) is 0 Å². The standard InChI is InChI=1S/C14H18FN5O5P/c1-3-22-11-8-10(18-13(16)19-11)20(6-17-8)12-14(2,15)9-7(24-12)4-5-23-26(21)25-9/h6-7,9,12H,3-5H2,1-2H3,(H2,16,18,19)/q+1. The lowest BCUT2D eigenvalue weighted by atomic mass is 9.97. The van der Waals surface area contributed by atoms with E-state index in [9.17, 15) is 4.57 Å². The van der Waals surface area contributed by atoms with Crippen molar-refractivity contribution in [2.75, 3.05) is 18.9 Å². The lowest BCUT2D eigenvalue weighted by Gasteiger charge is -2.24. The van der Waals surface area contributed by atoms with Crippen LogP contribution >= 0.6 is 8.25 Å². The van der Waals surface area contributed by atoms with Crippen LogP contribution in [0.3, 0.4) is 0 Å². The van der Waals surface area contributed by atoms with Gasteiger partial charge in [-0.3, -0.25) is 4.57 Å². The molecule has 2 aromatic rings. The number of hydrogen-bond acceptors (Lipinski definition) is 9. The quantitative estimate of drug-likeness (QED) is 0.788. The summed E-state index contributed by atoms with van der Waals surface area (Å²) < 4.78 is 50.2. The Bertz CT molecular complexity index is 862. The normalized spacial score (nSPS) is 33.2. The monoisotopic (exact) mass is 386 g/mol. The Labute approximate surface area is 148 Å². The van der Waals surface area contributed by atoms with Gasteiger partial charge in [0.2, 0.25) is 11.8 Å². The Balaban J connectivity index is 1.77. The van der Waals surface area contributed by atoms with Gasteiger partial charge in [-0.05, 0) is 13.8 Å². The van der Waals surface area contributed by atoms with Crippen molar-refractivity contribution >= 4 is 25.4 Å². The average molecular weight is 386 g/mol. The van der Waals surface area contributed by atoms with E-state index in [4.69, 9.17) is 24.3 Å². The van der Waals surface area contributed by atoms with E-state index in [0.29, 0.717) is 18.5 Å². The maximum Gasteiger partial charge on any atom is 0.697 e. The lowest BCUT2D eigenvalue weighted by molar-refractivity contribution is -0.0496. The van der Waals surface area contributed by atoms with Crippen LogP contribution in [0.15, 0.2) is 6.33 Å². The Morgan fingerprint density at radius 2 is 2.35 bits per heavy atom. The molecule has 2 aliphatic heterocycles. The number of nitrogen functional groups attached to an aromatic ring is 1. The molecule has 0 amide bonds. The van der Waals surface area contributed by atoms with Crippen LogP contribution in [0.25, 0.3) is 11.2 Å². The highest BCUT2D eigenvalue weighted by molar-refractivity contribution is 7.33. The molecule has 0 aliphatic carbocycles. The second kappa shape index (κ2) is 6.34. The van der Waals surface area contributed by atoms with Crippen LogP contribution < -0.4 is 10.5 Å². The summed E-state index contributed by atoms with van der Waals surface area (Å²) in [5.41, 5.74) is 4.38. The minimum atomic E-state index is -2.40. The highest BCUT2D eigenvalue weighted by Crippen LogP contribution is 2.49. The zero-order valence-electron chi connectivity index (χ0n) is 14.2. The zero-order valence-corrected chi connectivity index (χ0v) is 15.1. The van der Waals surface area contributed by atoms with Crippen molar-refractivity contribution in [3.63, 3.8) is 0 Å². The number of anilines is 1. The molecule has 10 nitrogen and oxygen atoms in total. The minimum Gasteiger partial charge on any atom is -0.476 e. The number of aromatic nitrogens is 4. The van der Waals surface area contributed by atoms with Gasteiger partial charge in [-0.25, -0.2) is 9.37 Å². The smallest absolute Gasteiger partial charge is 0.476 e. The Kier molecular flexibility index (Phi) is 4.26. The van der Waals surface area contributed by atoms with Gasteiger partial charge in [0, 0.05) is 11.0 Å². The van der Waals surface area contributed by atoms with Gasteiger partial charge in [0.1, 0.15) is 6.61 Å². The van der Waals surface area contributed by atoms with Crippen molar-refractivity contribution in [3.8, 4) is 5.88 Å². The molecular weight excluding hydrogens is 368 g/mol. The largest absolute Gasteiger partial charge is 0.697 e. The number of alkyl halides is 1. The van der Waals surface area contributed by atoms with Gasteiger partial charge in [0.15, 0.2) is 29.2 Å². The SMILES string of the molecule is CCOc1nc(N)nc2c1ncn2C1OC2CCO[P+](=O)OC2C1(C)F. The molecular formula is C14H18FN5O5P+. The number of fused-ring (bicyclic) bond motifs is 2. The summed E-state index contributed by atoms with van der Waals surface area (Å²) in [6, 6.07) is 0. The van der Waals surface area contributed by atoms with Crippen LogP contribution in [0.4, 0.5) is 10.3 Å². The number of nitrogens with two attached hydrogens (primary N) is 1. The molecule has 5 unspecified atom stereocenters. The fourth-order valence-electron chi connectivity index (χ4n) is 3.28. The predicted octanol–water partition coefficient (Wildman–Crippen LogP) is 1.90. The van der Waals surface area contributed by atoms with Crippen molar-refractivity contribution < 1.29 is 27.5 Å². The number of hydrogen-bond donors (Lipinski definition) is 1. The molecule has 0 aromatic carbocycles. The summed E-state index contributed by atoms with van der Waals surface area (Å²) in [6.45, 7) is 3.66. The maximum absolute atomic E-state index is 15.6. The van der Waals surface area contributed by atoms with E-state index in [1.54, 1.807) is 6.92 Å². The summed E-state index contributed by atoms with van der Waals surface area (Å²) in [7, 11) is -2.40. The highest BCUT2D eigenvalue weighted by atomic mass is 31.1. The van der Waals surface area contributed by atoms with Crippen molar-refractivity contribution in [3.05, 3.63) is 6.33 Å².